The standard InChI is InChI=1S/C12H11IN2O4/c13-7-1-2-9(8(4-7)12(18)19)15-11(17)6-3-10(16)14-5-6/h1-2,4,6H,3,5H2,(H,14,16)(H,15,17)(H,18,19). The molecule has 1 heterocycles. The number of amides is 2. The van der Waals surface area contributed by atoms with Crippen LogP contribution in [0.2, 0.25) is 0 Å². The van der Waals surface area contributed by atoms with Gasteiger partial charge in [0.15, 0.2) is 0 Å². The van der Waals surface area contributed by atoms with Crippen LogP contribution in [0.15, 0.2) is 18.2 Å². The molecule has 2 amide bonds. The highest BCUT2D eigenvalue weighted by molar-refractivity contribution is 14.1. The molecule has 0 aromatic heterocycles. The van der Waals surface area contributed by atoms with Gasteiger partial charge in [0.05, 0.1) is 17.2 Å². The number of carboxylic acids is 1. The molecule has 2 rings (SSSR count). The number of carboxylic acid groups (broad SMARTS) is 1. The summed E-state index contributed by atoms with van der Waals surface area (Å²) in [6.45, 7) is 0.289. The van der Waals surface area contributed by atoms with E-state index in [0.29, 0.717) is 0 Å². The molecule has 7 heteroatoms. The summed E-state index contributed by atoms with van der Waals surface area (Å²) in [4.78, 5) is 34.1. The first-order chi connectivity index (χ1) is 8.97. The van der Waals surface area contributed by atoms with Crippen LogP contribution in [-0.4, -0.2) is 29.4 Å². The second-order valence-corrected chi connectivity index (χ2v) is 5.44. The summed E-state index contributed by atoms with van der Waals surface area (Å²) in [6, 6.07) is 4.74. The Morgan fingerprint density at radius 1 is 1.42 bits per heavy atom. The van der Waals surface area contributed by atoms with E-state index in [0.717, 1.165) is 3.57 Å². The number of hydrogen-bond acceptors (Lipinski definition) is 3. The minimum Gasteiger partial charge on any atom is -0.478 e. The molecule has 0 spiro atoms. The first-order valence-corrected chi connectivity index (χ1v) is 6.65. The van der Waals surface area contributed by atoms with Gasteiger partial charge >= 0.3 is 5.97 Å². The highest BCUT2D eigenvalue weighted by Crippen LogP contribution is 2.21. The molecule has 1 aromatic carbocycles. The maximum absolute atomic E-state index is 11.9. The molecule has 19 heavy (non-hydrogen) atoms. The van der Waals surface area contributed by atoms with E-state index in [1.54, 1.807) is 12.1 Å². The molecule has 6 nitrogen and oxygen atoms in total. The molecular formula is C12H11IN2O4. The van der Waals surface area contributed by atoms with Gasteiger partial charge < -0.3 is 15.7 Å². The Balaban J connectivity index is 2.17. The smallest absolute Gasteiger partial charge is 0.337 e. The molecule has 0 saturated carbocycles. The van der Waals surface area contributed by atoms with Crippen molar-refractivity contribution in [3.63, 3.8) is 0 Å². The lowest BCUT2D eigenvalue weighted by Gasteiger charge is -2.11. The Bertz CT molecular complexity index is 559. The largest absolute Gasteiger partial charge is 0.478 e. The van der Waals surface area contributed by atoms with Crippen molar-refractivity contribution in [2.75, 3.05) is 11.9 Å². The molecule has 1 aliphatic heterocycles. The van der Waals surface area contributed by atoms with E-state index in [1.165, 1.54) is 6.07 Å². The lowest BCUT2D eigenvalue weighted by Crippen LogP contribution is -2.25. The molecular weight excluding hydrogens is 363 g/mol. The predicted molar refractivity (Wildman–Crippen MR) is 75.9 cm³/mol. The summed E-state index contributed by atoms with van der Waals surface area (Å²) in [5.41, 5.74) is 0.287. The van der Waals surface area contributed by atoms with Crippen molar-refractivity contribution in [2.24, 2.45) is 5.92 Å². The molecule has 0 aliphatic carbocycles. The molecule has 1 saturated heterocycles. The Labute approximate surface area is 122 Å². The van der Waals surface area contributed by atoms with Gasteiger partial charge in [0.2, 0.25) is 11.8 Å². The van der Waals surface area contributed by atoms with Gasteiger partial charge in [-0.05, 0) is 40.8 Å². The number of aromatic carboxylic acids is 1. The minimum atomic E-state index is -1.10. The van der Waals surface area contributed by atoms with Gasteiger partial charge in [-0.25, -0.2) is 4.79 Å². The van der Waals surface area contributed by atoms with Gasteiger partial charge in [-0.15, -0.1) is 0 Å². The van der Waals surface area contributed by atoms with Crippen LogP contribution in [0.25, 0.3) is 0 Å². The van der Waals surface area contributed by atoms with Crippen LogP contribution in [0.5, 0.6) is 0 Å². The van der Waals surface area contributed by atoms with Crippen LogP contribution < -0.4 is 10.6 Å². The first kappa shape index (κ1) is 13.8. The maximum atomic E-state index is 11.9. The number of carbonyl (C=O) groups is 3. The zero-order valence-corrected chi connectivity index (χ0v) is 11.9. The molecule has 0 bridgehead atoms. The van der Waals surface area contributed by atoms with Crippen molar-refractivity contribution < 1.29 is 19.5 Å². The Hall–Kier alpha value is -1.64. The monoisotopic (exact) mass is 374 g/mol. The Kier molecular flexibility index (Phi) is 4.03. The van der Waals surface area contributed by atoms with Gasteiger partial charge in [0.25, 0.3) is 0 Å². The van der Waals surface area contributed by atoms with E-state index in [-0.39, 0.29) is 36.0 Å². The van der Waals surface area contributed by atoms with E-state index in [9.17, 15) is 14.4 Å². The maximum Gasteiger partial charge on any atom is 0.337 e. The highest BCUT2D eigenvalue weighted by Gasteiger charge is 2.28. The second kappa shape index (κ2) is 5.55. The average molecular weight is 374 g/mol. The van der Waals surface area contributed by atoms with Crippen LogP contribution in [0.4, 0.5) is 5.69 Å². The average Bonchev–Trinajstić information content (AvgIpc) is 2.78. The van der Waals surface area contributed by atoms with Gasteiger partial charge in [0.1, 0.15) is 0 Å². The van der Waals surface area contributed by atoms with Crippen molar-refractivity contribution >= 4 is 46.1 Å². The normalized spacial score (nSPS) is 17.9. The first-order valence-electron chi connectivity index (χ1n) is 5.58. The summed E-state index contributed by atoms with van der Waals surface area (Å²) in [5, 5.41) is 14.2. The lowest BCUT2D eigenvalue weighted by atomic mass is 10.1. The van der Waals surface area contributed by atoms with Gasteiger partial charge in [-0.1, -0.05) is 0 Å². The fourth-order valence-electron chi connectivity index (χ4n) is 1.83. The van der Waals surface area contributed by atoms with Crippen molar-refractivity contribution in [2.45, 2.75) is 6.42 Å². The van der Waals surface area contributed by atoms with Crippen LogP contribution in [0, 0.1) is 9.49 Å². The van der Waals surface area contributed by atoms with Gasteiger partial charge in [0, 0.05) is 16.5 Å². The minimum absolute atomic E-state index is 0.0394. The second-order valence-electron chi connectivity index (χ2n) is 4.19. The van der Waals surface area contributed by atoms with Crippen LogP contribution >= 0.6 is 22.6 Å². The van der Waals surface area contributed by atoms with Crippen LogP contribution in [0.3, 0.4) is 0 Å². The van der Waals surface area contributed by atoms with Crippen LogP contribution in [-0.2, 0) is 9.59 Å². The summed E-state index contributed by atoms with van der Waals surface area (Å²) < 4.78 is 0.769. The number of rotatable bonds is 3. The molecule has 100 valence electrons. The lowest BCUT2D eigenvalue weighted by molar-refractivity contribution is -0.123. The van der Waals surface area contributed by atoms with Crippen molar-refractivity contribution in [3.8, 4) is 0 Å². The van der Waals surface area contributed by atoms with Crippen molar-refractivity contribution in [1.29, 1.82) is 0 Å². The summed E-state index contributed by atoms with van der Waals surface area (Å²) in [5.74, 6) is -2.06. The fraction of sp³-hybridized carbons (Fsp3) is 0.250. The number of halogens is 1. The summed E-state index contributed by atoms with van der Waals surface area (Å²) >= 11 is 2.00. The number of nitrogens with one attached hydrogen (secondary N) is 2. The molecule has 1 aliphatic rings. The summed E-state index contributed by atoms with van der Waals surface area (Å²) in [6.07, 6.45) is 0.138. The van der Waals surface area contributed by atoms with Gasteiger partial charge in [-0.2, -0.15) is 0 Å². The molecule has 0 radical (unpaired) electrons. The van der Waals surface area contributed by atoms with E-state index in [1.807, 2.05) is 22.6 Å². The quantitative estimate of drug-likeness (QED) is 0.690. The Morgan fingerprint density at radius 3 is 2.74 bits per heavy atom. The molecule has 1 atom stereocenters. The highest BCUT2D eigenvalue weighted by atomic mass is 127. The zero-order chi connectivity index (χ0) is 14.0. The molecule has 1 unspecified atom stereocenters. The predicted octanol–water partition coefficient (Wildman–Crippen LogP) is 1.06. The van der Waals surface area contributed by atoms with Crippen molar-refractivity contribution in [3.05, 3.63) is 27.3 Å². The fourth-order valence-corrected chi connectivity index (χ4v) is 2.32. The van der Waals surface area contributed by atoms with E-state index < -0.39 is 11.9 Å². The van der Waals surface area contributed by atoms with Crippen LogP contribution in [0.1, 0.15) is 16.8 Å². The number of carbonyl (C=O) groups excluding carboxylic acids is 2. The Morgan fingerprint density at radius 2 is 2.16 bits per heavy atom. The topological polar surface area (TPSA) is 95.5 Å². The van der Waals surface area contributed by atoms with E-state index in [2.05, 4.69) is 10.6 Å². The third kappa shape index (κ3) is 3.22. The molecule has 1 aromatic rings. The molecule has 3 N–H and O–H groups in total. The van der Waals surface area contributed by atoms with Crippen molar-refractivity contribution in [1.82, 2.24) is 5.32 Å². The third-order valence-electron chi connectivity index (χ3n) is 2.82. The number of hydrogen-bond donors (Lipinski definition) is 3. The molecule has 1 fully saturated rings. The number of anilines is 1. The van der Waals surface area contributed by atoms with Gasteiger partial charge in [-0.3, -0.25) is 9.59 Å². The van der Waals surface area contributed by atoms with E-state index >= 15 is 0 Å². The van der Waals surface area contributed by atoms with E-state index in [4.69, 9.17) is 5.11 Å². The SMILES string of the molecule is O=C1CC(C(=O)Nc2ccc(I)cc2C(=O)O)CN1. The zero-order valence-electron chi connectivity index (χ0n) is 9.77. The third-order valence-corrected chi connectivity index (χ3v) is 3.49. The number of benzene rings is 1. The summed E-state index contributed by atoms with van der Waals surface area (Å²) in [7, 11) is 0.